The molecule has 5 nitrogen and oxygen atoms in total. The summed E-state index contributed by atoms with van der Waals surface area (Å²) in [4.78, 5) is 18.5. The fraction of sp³-hybridized carbons (Fsp3) is 0.500. The summed E-state index contributed by atoms with van der Waals surface area (Å²) in [6.45, 7) is 1.03. The van der Waals surface area contributed by atoms with Gasteiger partial charge in [-0.05, 0) is 0 Å². The number of rotatable bonds is 1. The molecule has 0 aliphatic rings. The van der Waals surface area contributed by atoms with Gasteiger partial charge < -0.3 is 16.6 Å². The molecule has 0 aromatic heterocycles. The number of amides is 1. The first kappa shape index (κ1) is 10.8. The van der Waals surface area contributed by atoms with Gasteiger partial charge >= 0.3 is 0 Å². The zero-order chi connectivity index (χ0) is 7.86. The lowest BCUT2D eigenvalue weighted by Gasteiger charge is -1.74. The number of hydrogen-bond acceptors (Lipinski definition) is 3. The molecule has 54 valence electrons. The van der Waals surface area contributed by atoms with Crippen molar-refractivity contribution in [3.8, 4) is 0 Å². The van der Waals surface area contributed by atoms with Crippen molar-refractivity contribution in [2.75, 3.05) is 6.54 Å². The van der Waals surface area contributed by atoms with Crippen molar-refractivity contribution in [2.24, 2.45) is 11.5 Å². The Bertz CT molecular complexity index is 98.0. The van der Waals surface area contributed by atoms with Crippen LogP contribution in [0.1, 0.15) is 6.92 Å². The number of carbonyl (C=O) groups is 2. The number of primary amides is 1. The van der Waals surface area contributed by atoms with Gasteiger partial charge in [-0.3, -0.25) is 9.59 Å². The third-order valence-electron chi connectivity index (χ3n) is 0.201. The highest BCUT2D eigenvalue weighted by Gasteiger charge is 1.77. The highest BCUT2D eigenvalue weighted by atomic mass is 16.4. The third kappa shape index (κ3) is 205. The van der Waals surface area contributed by atoms with Gasteiger partial charge in [-0.25, -0.2) is 0 Å². The van der Waals surface area contributed by atoms with Crippen molar-refractivity contribution in [2.45, 2.75) is 6.92 Å². The number of carboxylic acid groups (broad SMARTS) is 1. The van der Waals surface area contributed by atoms with Gasteiger partial charge in [-0.2, -0.15) is 0 Å². The minimum absolute atomic E-state index is 0.0556. The molecule has 0 unspecified atom stereocenters. The van der Waals surface area contributed by atoms with Crippen molar-refractivity contribution in [3.05, 3.63) is 0 Å². The molecule has 0 bridgehead atoms. The lowest BCUT2D eigenvalue weighted by Crippen LogP contribution is -2.21. The molecule has 0 aromatic carbocycles. The summed E-state index contributed by atoms with van der Waals surface area (Å²) in [5.74, 6) is -1.30. The van der Waals surface area contributed by atoms with Crippen LogP contribution in [-0.2, 0) is 9.59 Å². The minimum atomic E-state index is -0.833. The summed E-state index contributed by atoms with van der Waals surface area (Å²) >= 11 is 0. The predicted octanol–water partition coefficient (Wildman–Crippen LogP) is -1.48. The van der Waals surface area contributed by atoms with Crippen LogP contribution in [0.25, 0.3) is 0 Å². The van der Waals surface area contributed by atoms with Gasteiger partial charge in [0.05, 0.1) is 6.54 Å². The largest absolute Gasteiger partial charge is 0.481 e. The fourth-order valence-electron chi connectivity index (χ4n) is 0. The maximum absolute atomic E-state index is 9.47. The van der Waals surface area contributed by atoms with Crippen LogP contribution in [0.5, 0.6) is 0 Å². The van der Waals surface area contributed by atoms with Gasteiger partial charge in [0.2, 0.25) is 5.91 Å². The Labute approximate surface area is 52.6 Å². The van der Waals surface area contributed by atoms with E-state index in [1.54, 1.807) is 0 Å². The Morgan fingerprint density at radius 2 is 1.67 bits per heavy atom. The van der Waals surface area contributed by atoms with Gasteiger partial charge in [0.15, 0.2) is 0 Å². The van der Waals surface area contributed by atoms with E-state index in [1.165, 1.54) is 0 Å². The number of aliphatic carboxylic acids is 1. The van der Waals surface area contributed by atoms with Crippen LogP contribution in [0.15, 0.2) is 0 Å². The molecule has 0 aliphatic carbocycles. The van der Waals surface area contributed by atoms with Crippen LogP contribution in [0.3, 0.4) is 0 Å². The van der Waals surface area contributed by atoms with E-state index in [-0.39, 0.29) is 6.54 Å². The Kier molecular flexibility index (Phi) is 8.28. The Morgan fingerprint density at radius 1 is 1.56 bits per heavy atom. The van der Waals surface area contributed by atoms with Gasteiger partial charge in [-0.15, -0.1) is 0 Å². The molecule has 9 heavy (non-hydrogen) atoms. The first-order valence-electron chi connectivity index (χ1n) is 2.18. The Balaban J connectivity index is 0. The van der Waals surface area contributed by atoms with Crippen molar-refractivity contribution in [1.82, 2.24) is 0 Å². The van der Waals surface area contributed by atoms with Gasteiger partial charge in [0.25, 0.3) is 5.97 Å². The molecule has 0 rings (SSSR count). The summed E-state index contributed by atoms with van der Waals surface area (Å²) in [6.07, 6.45) is 0. The van der Waals surface area contributed by atoms with Crippen LogP contribution in [0.4, 0.5) is 0 Å². The molecule has 0 saturated carbocycles. The van der Waals surface area contributed by atoms with E-state index in [2.05, 4.69) is 5.73 Å². The van der Waals surface area contributed by atoms with E-state index < -0.39 is 11.9 Å². The molecule has 0 radical (unpaired) electrons. The molecule has 0 atom stereocenters. The Hall–Kier alpha value is -1.10. The Morgan fingerprint density at radius 3 is 1.67 bits per heavy atom. The van der Waals surface area contributed by atoms with Crippen LogP contribution in [-0.4, -0.2) is 23.5 Å². The zero-order valence-corrected chi connectivity index (χ0v) is 5.13. The molecule has 0 aromatic rings. The monoisotopic (exact) mass is 134 g/mol. The molecule has 0 fully saturated rings. The minimum Gasteiger partial charge on any atom is -0.481 e. The van der Waals surface area contributed by atoms with E-state index in [1.807, 2.05) is 0 Å². The second kappa shape index (κ2) is 6.90. The molecule has 1 amide bonds. The van der Waals surface area contributed by atoms with E-state index in [9.17, 15) is 4.79 Å². The molecule has 5 N–H and O–H groups in total. The highest BCUT2D eigenvalue weighted by molar-refractivity contribution is 5.75. The molecule has 0 spiro atoms. The van der Waals surface area contributed by atoms with Crippen molar-refractivity contribution in [3.63, 3.8) is 0 Å². The van der Waals surface area contributed by atoms with Gasteiger partial charge in [-0.1, -0.05) is 0 Å². The normalized spacial score (nSPS) is 6.89. The van der Waals surface area contributed by atoms with E-state index in [4.69, 9.17) is 15.6 Å². The summed E-state index contributed by atoms with van der Waals surface area (Å²) in [6, 6.07) is 0. The van der Waals surface area contributed by atoms with Crippen molar-refractivity contribution in [1.29, 1.82) is 0 Å². The molecule has 0 saturated heterocycles. The van der Waals surface area contributed by atoms with E-state index in [0.29, 0.717) is 0 Å². The quantitative estimate of drug-likeness (QED) is 0.406. The molecule has 0 aliphatic heterocycles. The average molecular weight is 134 g/mol. The van der Waals surface area contributed by atoms with E-state index >= 15 is 0 Å². The van der Waals surface area contributed by atoms with Crippen LogP contribution < -0.4 is 11.5 Å². The van der Waals surface area contributed by atoms with Crippen LogP contribution >= 0.6 is 0 Å². The first-order chi connectivity index (χ1) is 4.00. The van der Waals surface area contributed by atoms with Gasteiger partial charge in [0.1, 0.15) is 0 Å². The van der Waals surface area contributed by atoms with Crippen LogP contribution in [0, 0.1) is 0 Å². The molecular weight excluding hydrogens is 124 g/mol. The number of carboxylic acids is 1. The van der Waals surface area contributed by atoms with Crippen molar-refractivity contribution >= 4 is 11.9 Å². The second-order valence-corrected chi connectivity index (χ2v) is 1.19. The lowest BCUT2D eigenvalue weighted by molar-refractivity contribution is -0.134. The maximum Gasteiger partial charge on any atom is 0.300 e. The molecule has 0 heterocycles. The maximum atomic E-state index is 9.47. The topological polar surface area (TPSA) is 106 Å². The van der Waals surface area contributed by atoms with E-state index in [0.717, 1.165) is 6.92 Å². The summed E-state index contributed by atoms with van der Waals surface area (Å²) in [7, 11) is 0. The van der Waals surface area contributed by atoms with Gasteiger partial charge in [0, 0.05) is 6.92 Å². The lowest BCUT2D eigenvalue weighted by atomic mass is 10.7. The summed E-state index contributed by atoms with van der Waals surface area (Å²) in [5.41, 5.74) is 9.22. The number of hydrogen-bond donors (Lipinski definition) is 3. The molecular formula is C4H10N2O3. The smallest absolute Gasteiger partial charge is 0.300 e. The second-order valence-electron chi connectivity index (χ2n) is 1.19. The van der Waals surface area contributed by atoms with Crippen LogP contribution in [0.2, 0.25) is 0 Å². The standard InChI is InChI=1S/C2H6N2O.C2H4O2/c3-1-2(4)5;1-2(3)4/h1,3H2,(H2,4,5);1H3,(H,3,4). The summed E-state index contributed by atoms with van der Waals surface area (Å²) in [5, 5.41) is 7.42. The highest BCUT2D eigenvalue weighted by Crippen LogP contribution is 1.42. The summed E-state index contributed by atoms with van der Waals surface area (Å²) < 4.78 is 0. The third-order valence-corrected chi connectivity index (χ3v) is 0.201. The predicted molar refractivity (Wildman–Crippen MR) is 31.6 cm³/mol. The first-order valence-corrected chi connectivity index (χ1v) is 2.18. The molecule has 5 heteroatoms. The fourth-order valence-corrected chi connectivity index (χ4v) is 0. The SMILES string of the molecule is CC(=O)O.NCC(N)=O. The number of carbonyl (C=O) groups excluding carboxylic acids is 1. The van der Waals surface area contributed by atoms with Crippen molar-refractivity contribution < 1.29 is 14.7 Å². The average Bonchev–Trinajstić information content (AvgIpc) is 1.65. The number of nitrogens with two attached hydrogens (primary N) is 2. The zero-order valence-electron chi connectivity index (χ0n) is 5.13.